The fourth-order valence-corrected chi connectivity index (χ4v) is 2.42. The number of rotatable bonds is 7. The normalized spacial score (nSPS) is 12.3. The zero-order valence-corrected chi connectivity index (χ0v) is 12.4. The molecule has 0 aliphatic rings. The van der Waals surface area contributed by atoms with E-state index in [1.165, 1.54) is 0 Å². The summed E-state index contributed by atoms with van der Waals surface area (Å²) in [5.74, 6) is 8.32. The van der Waals surface area contributed by atoms with Crippen LogP contribution in [0.15, 0.2) is 6.33 Å². The summed E-state index contributed by atoms with van der Waals surface area (Å²) in [5.41, 5.74) is 3.71. The van der Waals surface area contributed by atoms with Crippen LogP contribution in [0, 0.1) is 0 Å². The van der Waals surface area contributed by atoms with Crippen LogP contribution in [0.5, 0.6) is 0 Å². The molecule has 0 bridgehead atoms. The van der Waals surface area contributed by atoms with E-state index in [1.54, 1.807) is 6.33 Å². The molecule has 1 aromatic rings. The van der Waals surface area contributed by atoms with Gasteiger partial charge in [0.05, 0.1) is 0 Å². The van der Waals surface area contributed by atoms with E-state index in [-0.39, 0.29) is 0 Å². The highest BCUT2D eigenvalue weighted by atomic mass is 32.2. The van der Waals surface area contributed by atoms with Crippen LogP contribution in [0.4, 0.5) is 11.6 Å². The van der Waals surface area contributed by atoms with Gasteiger partial charge in [0.1, 0.15) is 18.0 Å². The number of aromatic nitrogens is 2. The van der Waals surface area contributed by atoms with Gasteiger partial charge in [-0.2, -0.15) is 11.8 Å². The molecule has 0 saturated carbocycles. The highest BCUT2D eigenvalue weighted by Crippen LogP contribution is 2.24. The number of hydrazine groups is 1. The van der Waals surface area contributed by atoms with Crippen molar-refractivity contribution in [1.29, 1.82) is 0 Å². The molecule has 6 heteroatoms. The second-order valence-electron chi connectivity index (χ2n) is 4.26. The van der Waals surface area contributed by atoms with Crippen molar-refractivity contribution in [2.75, 3.05) is 29.4 Å². The van der Waals surface area contributed by atoms with E-state index in [4.69, 9.17) is 5.84 Å². The summed E-state index contributed by atoms with van der Waals surface area (Å²) in [4.78, 5) is 10.8. The van der Waals surface area contributed by atoms with Gasteiger partial charge in [-0.05, 0) is 31.8 Å². The smallest absolute Gasteiger partial charge is 0.148 e. The zero-order valence-electron chi connectivity index (χ0n) is 11.6. The van der Waals surface area contributed by atoms with Crippen LogP contribution < -0.4 is 16.2 Å². The minimum Gasteiger partial charge on any atom is -0.357 e. The van der Waals surface area contributed by atoms with Crippen molar-refractivity contribution in [3.63, 3.8) is 0 Å². The summed E-state index contributed by atoms with van der Waals surface area (Å²) in [7, 11) is 2.08. The first-order chi connectivity index (χ1) is 8.65. The Bertz CT molecular complexity index is 371. The fourth-order valence-electron chi connectivity index (χ4n) is 1.85. The first-order valence-electron chi connectivity index (χ1n) is 6.17. The molecule has 0 aromatic carbocycles. The number of hydrogen-bond acceptors (Lipinski definition) is 6. The molecule has 1 unspecified atom stereocenters. The van der Waals surface area contributed by atoms with Crippen molar-refractivity contribution in [2.24, 2.45) is 5.84 Å². The van der Waals surface area contributed by atoms with Crippen LogP contribution in [0.2, 0.25) is 0 Å². The van der Waals surface area contributed by atoms with Crippen molar-refractivity contribution in [3.05, 3.63) is 11.9 Å². The van der Waals surface area contributed by atoms with Gasteiger partial charge in [0.2, 0.25) is 0 Å². The van der Waals surface area contributed by atoms with E-state index in [0.717, 1.165) is 30.0 Å². The zero-order chi connectivity index (χ0) is 13.5. The Labute approximate surface area is 114 Å². The van der Waals surface area contributed by atoms with Gasteiger partial charge in [-0.3, -0.25) is 0 Å². The molecule has 5 nitrogen and oxygen atoms in total. The van der Waals surface area contributed by atoms with Gasteiger partial charge in [-0.15, -0.1) is 0 Å². The Morgan fingerprint density at radius 3 is 2.78 bits per heavy atom. The lowest BCUT2D eigenvalue weighted by Gasteiger charge is -2.28. The standard InChI is InChI=1S/C12H23N5S/c1-5-10-11(16-13)14-8-15-12(10)17(3)9(2)6-7-18-4/h8-9H,5-7,13H2,1-4H3,(H,14,15,16). The number of hydrogen-bond donors (Lipinski definition) is 2. The number of nitrogens with one attached hydrogen (secondary N) is 1. The minimum absolute atomic E-state index is 0.447. The summed E-state index contributed by atoms with van der Waals surface area (Å²) in [5, 5.41) is 0. The Kier molecular flexibility index (Phi) is 6.21. The van der Waals surface area contributed by atoms with Gasteiger partial charge in [0.25, 0.3) is 0 Å². The molecule has 1 rings (SSSR count). The van der Waals surface area contributed by atoms with E-state index in [0.29, 0.717) is 11.9 Å². The molecule has 0 aliphatic heterocycles. The van der Waals surface area contributed by atoms with Crippen molar-refractivity contribution in [3.8, 4) is 0 Å². The number of nitrogens with zero attached hydrogens (tertiary/aromatic N) is 3. The molecule has 3 N–H and O–H groups in total. The molecule has 18 heavy (non-hydrogen) atoms. The fraction of sp³-hybridized carbons (Fsp3) is 0.667. The van der Waals surface area contributed by atoms with E-state index in [2.05, 4.69) is 47.4 Å². The predicted molar refractivity (Wildman–Crippen MR) is 80.1 cm³/mol. The molecule has 0 aliphatic carbocycles. The molecule has 102 valence electrons. The number of nitrogens with two attached hydrogens (primary N) is 1. The van der Waals surface area contributed by atoms with Crippen LogP contribution in [-0.4, -0.2) is 35.1 Å². The van der Waals surface area contributed by atoms with Crippen molar-refractivity contribution >= 4 is 23.4 Å². The van der Waals surface area contributed by atoms with Crippen molar-refractivity contribution < 1.29 is 0 Å². The molecule has 0 fully saturated rings. The van der Waals surface area contributed by atoms with E-state index >= 15 is 0 Å². The minimum atomic E-state index is 0.447. The maximum atomic E-state index is 5.49. The molecule has 1 heterocycles. The second-order valence-corrected chi connectivity index (χ2v) is 5.25. The third-order valence-corrected chi connectivity index (χ3v) is 3.79. The van der Waals surface area contributed by atoms with E-state index < -0.39 is 0 Å². The Morgan fingerprint density at radius 2 is 2.22 bits per heavy atom. The van der Waals surface area contributed by atoms with Crippen LogP contribution in [0.1, 0.15) is 25.8 Å². The van der Waals surface area contributed by atoms with Gasteiger partial charge in [-0.1, -0.05) is 6.92 Å². The monoisotopic (exact) mass is 269 g/mol. The van der Waals surface area contributed by atoms with Gasteiger partial charge in [0.15, 0.2) is 0 Å². The van der Waals surface area contributed by atoms with Gasteiger partial charge in [0, 0.05) is 18.7 Å². The summed E-state index contributed by atoms with van der Waals surface area (Å²) in [6.07, 6.45) is 5.68. The van der Waals surface area contributed by atoms with Crippen LogP contribution >= 0.6 is 11.8 Å². The Balaban J connectivity index is 2.93. The van der Waals surface area contributed by atoms with E-state index in [9.17, 15) is 0 Å². The van der Waals surface area contributed by atoms with Crippen molar-refractivity contribution in [2.45, 2.75) is 32.7 Å². The summed E-state index contributed by atoms with van der Waals surface area (Å²) < 4.78 is 0. The lowest BCUT2D eigenvalue weighted by molar-refractivity contribution is 0.658. The molecule has 0 radical (unpaired) electrons. The number of nitrogen functional groups attached to an aromatic ring is 1. The molecule has 1 atom stereocenters. The first-order valence-corrected chi connectivity index (χ1v) is 7.57. The lowest BCUT2D eigenvalue weighted by atomic mass is 10.1. The second kappa shape index (κ2) is 7.43. The quantitative estimate of drug-likeness (QED) is 0.582. The van der Waals surface area contributed by atoms with Crippen LogP contribution in [0.3, 0.4) is 0 Å². The van der Waals surface area contributed by atoms with Crippen LogP contribution in [0.25, 0.3) is 0 Å². The van der Waals surface area contributed by atoms with Gasteiger partial charge in [-0.25, -0.2) is 15.8 Å². The molecular weight excluding hydrogens is 246 g/mol. The lowest BCUT2D eigenvalue weighted by Crippen LogP contribution is -2.31. The summed E-state index contributed by atoms with van der Waals surface area (Å²) >= 11 is 1.87. The highest BCUT2D eigenvalue weighted by molar-refractivity contribution is 7.98. The third-order valence-electron chi connectivity index (χ3n) is 3.15. The third kappa shape index (κ3) is 3.49. The first kappa shape index (κ1) is 15.0. The predicted octanol–water partition coefficient (Wildman–Crippen LogP) is 1.90. The Hall–Kier alpha value is -1.01. The van der Waals surface area contributed by atoms with Crippen LogP contribution in [-0.2, 0) is 6.42 Å². The average Bonchev–Trinajstić information content (AvgIpc) is 2.42. The molecule has 0 saturated heterocycles. The van der Waals surface area contributed by atoms with Crippen molar-refractivity contribution in [1.82, 2.24) is 9.97 Å². The SMILES string of the molecule is CCc1c(NN)ncnc1N(C)C(C)CCSC. The maximum absolute atomic E-state index is 5.49. The summed E-state index contributed by atoms with van der Waals surface area (Å²) in [6.45, 7) is 4.30. The highest BCUT2D eigenvalue weighted by Gasteiger charge is 2.16. The summed E-state index contributed by atoms with van der Waals surface area (Å²) in [6, 6.07) is 0.447. The number of anilines is 2. The molecule has 0 spiro atoms. The topological polar surface area (TPSA) is 67.1 Å². The maximum Gasteiger partial charge on any atom is 0.148 e. The Morgan fingerprint density at radius 1 is 1.50 bits per heavy atom. The molecular formula is C12H23N5S. The van der Waals surface area contributed by atoms with Gasteiger partial charge >= 0.3 is 0 Å². The molecule has 0 amide bonds. The average molecular weight is 269 g/mol. The largest absolute Gasteiger partial charge is 0.357 e. The van der Waals surface area contributed by atoms with Gasteiger partial charge < -0.3 is 10.3 Å². The molecule has 1 aromatic heterocycles. The number of thioether (sulfide) groups is 1. The van der Waals surface area contributed by atoms with E-state index in [1.807, 2.05) is 11.8 Å².